The number of ether oxygens (including phenoxy) is 1. The largest absolute Gasteiger partial charge is 0.465 e. The Hall–Kier alpha value is -0.730. The van der Waals surface area contributed by atoms with Crippen LogP contribution in [0.25, 0.3) is 0 Å². The van der Waals surface area contributed by atoms with Gasteiger partial charge in [0.25, 0.3) is 6.02 Å². The second-order valence-corrected chi connectivity index (χ2v) is 4.34. The summed E-state index contributed by atoms with van der Waals surface area (Å²) in [5.74, 6) is 0.539. The van der Waals surface area contributed by atoms with E-state index in [1.807, 2.05) is 0 Å². The predicted octanol–water partition coefficient (Wildman–Crippen LogP) is 2.94. The SMILES string of the molecule is CCCCCCCOC(N)=NCC(C)C. The smallest absolute Gasteiger partial charge is 0.281 e. The second-order valence-electron chi connectivity index (χ2n) is 4.34. The predicted molar refractivity (Wildman–Crippen MR) is 66.0 cm³/mol. The van der Waals surface area contributed by atoms with E-state index in [2.05, 4.69) is 25.8 Å². The van der Waals surface area contributed by atoms with Gasteiger partial charge in [-0.3, -0.25) is 0 Å². The number of nitrogens with zero attached hydrogens (tertiary/aromatic N) is 1. The molecule has 0 bridgehead atoms. The zero-order valence-corrected chi connectivity index (χ0v) is 10.5. The lowest BCUT2D eigenvalue weighted by Crippen LogP contribution is -2.18. The molecule has 0 saturated carbocycles. The first-order valence-corrected chi connectivity index (χ1v) is 6.09. The molecular formula is C12H26N2O. The number of amidine groups is 1. The van der Waals surface area contributed by atoms with Gasteiger partial charge in [-0.05, 0) is 12.3 Å². The molecule has 0 aliphatic heterocycles. The number of hydrogen-bond acceptors (Lipinski definition) is 2. The summed E-state index contributed by atoms with van der Waals surface area (Å²) < 4.78 is 5.30. The van der Waals surface area contributed by atoms with Gasteiger partial charge in [0.15, 0.2) is 0 Å². The lowest BCUT2D eigenvalue weighted by Gasteiger charge is -2.05. The van der Waals surface area contributed by atoms with Crippen LogP contribution in [0.3, 0.4) is 0 Å². The normalized spacial score (nSPS) is 12.1. The van der Waals surface area contributed by atoms with Crippen molar-refractivity contribution in [1.29, 1.82) is 0 Å². The molecule has 3 nitrogen and oxygen atoms in total. The van der Waals surface area contributed by atoms with Crippen LogP contribution in [0, 0.1) is 5.92 Å². The number of hydrogen-bond donors (Lipinski definition) is 1. The maximum Gasteiger partial charge on any atom is 0.281 e. The van der Waals surface area contributed by atoms with Gasteiger partial charge < -0.3 is 10.5 Å². The van der Waals surface area contributed by atoms with E-state index in [9.17, 15) is 0 Å². The monoisotopic (exact) mass is 214 g/mol. The van der Waals surface area contributed by atoms with Crippen molar-refractivity contribution in [2.75, 3.05) is 13.2 Å². The zero-order chi connectivity index (χ0) is 11.5. The van der Waals surface area contributed by atoms with Crippen molar-refractivity contribution >= 4 is 6.02 Å². The van der Waals surface area contributed by atoms with Crippen LogP contribution in [0.1, 0.15) is 52.9 Å². The molecule has 2 N–H and O–H groups in total. The minimum absolute atomic E-state index is 0.346. The maximum atomic E-state index is 5.59. The van der Waals surface area contributed by atoms with Crippen molar-refractivity contribution in [1.82, 2.24) is 0 Å². The van der Waals surface area contributed by atoms with E-state index < -0.39 is 0 Å². The Bertz CT molecular complexity index is 167. The molecule has 0 fully saturated rings. The first kappa shape index (κ1) is 14.3. The van der Waals surface area contributed by atoms with Crippen LogP contribution in [-0.2, 0) is 4.74 Å². The number of rotatable bonds is 8. The third-order valence-electron chi connectivity index (χ3n) is 2.11. The Balaban J connectivity index is 3.30. The van der Waals surface area contributed by atoms with Crippen molar-refractivity contribution in [3.8, 4) is 0 Å². The average Bonchev–Trinajstić information content (AvgIpc) is 2.20. The first-order valence-electron chi connectivity index (χ1n) is 6.09. The fourth-order valence-corrected chi connectivity index (χ4v) is 1.20. The van der Waals surface area contributed by atoms with Gasteiger partial charge in [0.2, 0.25) is 0 Å². The molecule has 0 amide bonds. The van der Waals surface area contributed by atoms with Crippen LogP contribution < -0.4 is 5.73 Å². The molecule has 0 aromatic carbocycles. The van der Waals surface area contributed by atoms with Gasteiger partial charge in [-0.1, -0.05) is 46.5 Å². The summed E-state index contributed by atoms with van der Waals surface area (Å²) in [5, 5.41) is 0. The van der Waals surface area contributed by atoms with E-state index >= 15 is 0 Å². The van der Waals surface area contributed by atoms with Gasteiger partial charge in [0, 0.05) is 6.54 Å². The van der Waals surface area contributed by atoms with E-state index in [0.29, 0.717) is 18.5 Å². The molecule has 0 heterocycles. The van der Waals surface area contributed by atoms with Gasteiger partial charge in [-0.15, -0.1) is 0 Å². The van der Waals surface area contributed by atoms with Crippen LogP contribution >= 0.6 is 0 Å². The van der Waals surface area contributed by atoms with Gasteiger partial charge in [0.05, 0.1) is 6.61 Å². The fourth-order valence-electron chi connectivity index (χ4n) is 1.20. The van der Waals surface area contributed by atoms with Gasteiger partial charge in [-0.25, -0.2) is 4.99 Å². The highest BCUT2D eigenvalue weighted by atomic mass is 16.5. The number of aliphatic imine (C=N–C) groups is 1. The Morgan fingerprint density at radius 3 is 2.47 bits per heavy atom. The number of unbranched alkanes of at least 4 members (excludes halogenated alkanes) is 4. The number of nitrogens with two attached hydrogens (primary N) is 1. The molecule has 0 aliphatic carbocycles. The highest BCUT2D eigenvalue weighted by molar-refractivity contribution is 5.71. The topological polar surface area (TPSA) is 47.6 Å². The third-order valence-corrected chi connectivity index (χ3v) is 2.11. The molecule has 15 heavy (non-hydrogen) atoms. The molecule has 3 heteroatoms. The minimum atomic E-state index is 0.346. The van der Waals surface area contributed by atoms with Gasteiger partial charge >= 0.3 is 0 Å². The molecule has 90 valence electrons. The van der Waals surface area contributed by atoms with E-state index in [1.54, 1.807) is 0 Å². The highest BCUT2D eigenvalue weighted by Gasteiger charge is 1.95. The van der Waals surface area contributed by atoms with Crippen LogP contribution in [0.15, 0.2) is 4.99 Å². The summed E-state index contributed by atoms with van der Waals surface area (Å²) in [7, 11) is 0. The second kappa shape index (κ2) is 9.81. The van der Waals surface area contributed by atoms with E-state index in [4.69, 9.17) is 10.5 Å². The maximum absolute atomic E-state index is 5.59. The van der Waals surface area contributed by atoms with Crippen LogP contribution in [-0.4, -0.2) is 19.2 Å². The molecule has 0 aromatic heterocycles. The Kier molecular flexibility index (Phi) is 9.33. The van der Waals surface area contributed by atoms with Crippen LogP contribution in [0.2, 0.25) is 0 Å². The lowest BCUT2D eigenvalue weighted by molar-refractivity contribution is 0.285. The van der Waals surface area contributed by atoms with E-state index in [1.165, 1.54) is 25.7 Å². The van der Waals surface area contributed by atoms with Crippen molar-refractivity contribution in [3.05, 3.63) is 0 Å². The first-order chi connectivity index (χ1) is 7.16. The van der Waals surface area contributed by atoms with Crippen molar-refractivity contribution in [2.45, 2.75) is 52.9 Å². The van der Waals surface area contributed by atoms with Crippen molar-refractivity contribution < 1.29 is 4.74 Å². The molecule has 0 rings (SSSR count). The lowest BCUT2D eigenvalue weighted by atomic mass is 10.2. The minimum Gasteiger partial charge on any atom is -0.465 e. The summed E-state index contributed by atoms with van der Waals surface area (Å²) in [6.45, 7) is 7.90. The molecule has 0 aliphatic rings. The summed E-state index contributed by atoms with van der Waals surface area (Å²) in [4.78, 5) is 4.13. The molecule has 0 saturated heterocycles. The quantitative estimate of drug-likeness (QED) is 0.383. The third kappa shape index (κ3) is 11.2. The fraction of sp³-hybridized carbons (Fsp3) is 0.917. The summed E-state index contributed by atoms with van der Waals surface area (Å²) >= 11 is 0. The van der Waals surface area contributed by atoms with Crippen molar-refractivity contribution in [2.24, 2.45) is 16.6 Å². The van der Waals surface area contributed by atoms with Crippen LogP contribution in [0.4, 0.5) is 0 Å². The van der Waals surface area contributed by atoms with Crippen LogP contribution in [0.5, 0.6) is 0 Å². The van der Waals surface area contributed by atoms with Gasteiger partial charge in [-0.2, -0.15) is 0 Å². The molecular weight excluding hydrogens is 188 g/mol. The summed E-state index contributed by atoms with van der Waals surface area (Å²) in [6, 6.07) is 0.346. The van der Waals surface area contributed by atoms with E-state index in [-0.39, 0.29) is 0 Å². The Labute approximate surface area is 94.1 Å². The molecule has 0 spiro atoms. The molecule has 0 atom stereocenters. The zero-order valence-electron chi connectivity index (χ0n) is 10.5. The molecule has 0 radical (unpaired) electrons. The standard InChI is InChI=1S/C12H26N2O/c1-4-5-6-7-8-9-15-12(13)14-10-11(2)3/h11H,4-10H2,1-3H3,(H2,13,14). The summed E-state index contributed by atoms with van der Waals surface area (Å²) in [5.41, 5.74) is 5.59. The molecule has 0 unspecified atom stereocenters. The van der Waals surface area contributed by atoms with E-state index in [0.717, 1.165) is 13.0 Å². The van der Waals surface area contributed by atoms with Crippen molar-refractivity contribution in [3.63, 3.8) is 0 Å². The highest BCUT2D eigenvalue weighted by Crippen LogP contribution is 2.02. The summed E-state index contributed by atoms with van der Waals surface area (Å²) in [6.07, 6.45) is 6.20. The Morgan fingerprint density at radius 2 is 1.87 bits per heavy atom. The average molecular weight is 214 g/mol. The van der Waals surface area contributed by atoms with Gasteiger partial charge in [0.1, 0.15) is 0 Å². The molecule has 0 aromatic rings. The Morgan fingerprint density at radius 1 is 1.20 bits per heavy atom.